The van der Waals surface area contributed by atoms with Gasteiger partial charge in [0.2, 0.25) is 0 Å². The molecule has 0 saturated carbocycles. The molecule has 0 spiro atoms. The van der Waals surface area contributed by atoms with Gasteiger partial charge in [-0.15, -0.1) is 0 Å². The summed E-state index contributed by atoms with van der Waals surface area (Å²) in [5.74, 6) is 0. The van der Waals surface area contributed by atoms with E-state index in [4.69, 9.17) is 22.5 Å². The molecule has 4 aromatic rings. The Balaban J connectivity index is 1.76. The van der Waals surface area contributed by atoms with Crippen molar-refractivity contribution in [1.82, 2.24) is 0 Å². The highest BCUT2D eigenvalue weighted by atomic mass is 35.7. The normalized spacial score (nSPS) is 11.9. The summed E-state index contributed by atoms with van der Waals surface area (Å²) < 4.78 is 0. The molecular weight excluding hydrogens is 445 g/mol. The van der Waals surface area contributed by atoms with Crippen LogP contribution in [0.2, 0.25) is 0 Å². The smallest absolute Gasteiger partial charge is 0.0620 e. The van der Waals surface area contributed by atoms with Crippen LogP contribution in [0.15, 0.2) is 121 Å². The van der Waals surface area contributed by atoms with E-state index in [1.807, 2.05) is 24.3 Å². The van der Waals surface area contributed by atoms with Gasteiger partial charge in [0.15, 0.2) is 13.2 Å². The van der Waals surface area contributed by atoms with Gasteiger partial charge in [0.25, 0.3) is 0 Å². The van der Waals surface area contributed by atoms with Gasteiger partial charge in [-0.2, -0.15) is 0 Å². The Hall–Kier alpha value is -1.68. The van der Waals surface area contributed by atoms with Crippen LogP contribution in [0.4, 0.5) is 0 Å². The van der Waals surface area contributed by atoms with Crippen LogP contribution in [0.5, 0.6) is 0 Å². The van der Waals surface area contributed by atoms with Gasteiger partial charge in [-0.1, -0.05) is 72.8 Å². The van der Waals surface area contributed by atoms with Crippen molar-refractivity contribution < 1.29 is 0 Å². The summed E-state index contributed by atoms with van der Waals surface area (Å²) in [6.45, 7) is -4.19. The minimum absolute atomic E-state index is 0.851. The average molecular weight is 469 g/mol. The largest absolute Gasteiger partial charge is 0.181 e. The van der Waals surface area contributed by atoms with Crippen molar-refractivity contribution in [3.05, 3.63) is 121 Å². The number of hydrogen-bond acceptors (Lipinski definition) is 0. The molecule has 0 radical (unpaired) electrons. The molecule has 0 aliphatic heterocycles. The molecule has 150 valence electrons. The summed E-state index contributed by atoms with van der Waals surface area (Å²) in [4.78, 5) is 0. The Morgan fingerprint density at radius 1 is 0.367 bits per heavy atom. The maximum Gasteiger partial charge on any atom is 0.181 e. The lowest BCUT2D eigenvalue weighted by molar-refractivity contribution is 1.49. The van der Waals surface area contributed by atoms with Gasteiger partial charge >= 0.3 is 0 Å². The van der Waals surface area contributed by atoms with Crippen molar-refractivity contribution in [2.45, 2.75) is 0 Å². The second-order valence-electron chi connectivity index (χ2n) is 7.22. The molecule has 4 aromatic carbocycles. The Kier molecular flexibility index (Phi) is 6.92. The van der Waals surface area contributed by atoms with Gasteiger partial charge in [0.05, 0.1) is 22.5 Å². The van der Waals surface area contributed by atoms with E-state index in [9.17, 15) is 0 Å². The number of hydrogen-bond donors (Lipinski definition) is 0. The molecule has 0 amide bonds. The van der Waals surface area contributed by atoms with E-state index in [1.54, 1.807) is 0 Å². The molecular formula is C26H24Cl2P2+2. The van der Waals surface area contributed by atoms with Crippen LogP contribution in [0.3, 0.4) is 0 Å². The molecule has 0 heterocycles. The van der Waals surface area contributed by atoms with Crippen molar-refractivity contribution >= 4 is 56.9 Å². The number of rotatable bonds is 7. The quantitative estimate of drug-likeness (QED) is 0.267. The van der Waals surface area contributed by atoms with Gasteiger partial charge in [0, 0.05) is 0 Å². The molecule has 30 heavy (non-hydrogen) atoms. The predicted octanol–water partition coefficient (Wildman–Crippen LogP) is 6.63. The molecule has 0 unspecified atom stereocenters. The third-order valence-electron chi connectivity index (χ3n) is 5.38. The zero-order valence-electron chi connectivity index (χ0n) is 16.6. The standard InChI is InChI=1S/C26H24Cl2P2/c27-29(23-13-5-1-6-14-23,24-15-7-2-8-16-24)21-22-30(28,25-17-9-3-10-18-25)26-19-11-4-12-20-26/h1-20H,21-22H2/q+2. The van der Waals surface area contributed by atoms with E-state index in [-0.39, 0.29) is 0 Å². The number of halogens is 2. The highest BCUT2D eigenvalue weighted by Gasteiger charge is 2.49. The SMILES string of the molecule is Cl[P+](CC[P+](Cl)(c1ccccc1)c1ccccc1)(c1ccccc1)c1ccccc1. The summed E-state index contributed by atoms with van der Waals surface area (Å²) in [7, 11) is 0. The average Bonchev–Trinajstić information content (AvgIpc) is 2.84. The van der Waals surface area contributed by atoms with E-state index in [2.05, 4.69) is 97.1 Å². The van der Waals surface area contributed by atoms with E-state index in [0.29, 0.717) is 0 Å². The molecule has 4 rings (SSSR count). The predicted molar refractivity (Wildman–Crippen MR) is 140 cm³/mol. The van der Waals surface area contributed by atoms with Gasteiger partial charge in [-0.05, 0) is 48.5 Å². The summed E-state index contributed by atoms with van der Waals surface area (Å²) >= 11 is 15.1. The maximum atomic E-state index is 7.54. The van der Waals surface area contributed by atoms with E-state index in [1.165, 1.54) is 21.2 Å². The van der Waals surface area contributed by atoms with E-state index < -0.39 is 13.2 Å². The lowest BCUT2D eigenvalue weighted by atomic mass is 10.4. The fourth-order valence-electron chi connectivity index (χ4n) is 3.75. The van der Waals surface area contributed by atoms with Crippen LogP contribution in [-0.4, -0.2) is 12.3 Å². The van der Waals surface area contributed by atoms with Crippen molar-refractivity contribution in [2.24, 2.45) is 0 Å². The van der Waals surface area contributed by atoms with Crippen molar-refractivity contribution in [3.8, 4) is 0 Å². The lowest BCUT2D eigenvalue weighted by Gasteiger charge is -2.23. The van der Waals surface area contributed by atoms with Gasteiger partial charge in [-0.3, -0.25) is 0 Å². The van der Waals surface area contributed by atoms with Crippen LogP contribution >= 0.6 is 35.7 Å². The van der Waals surface area contributed by atoms with Crippen LogP contribution < -0.4 is 21.2 Å². The summed E-state index contributed by atoms with van der Waals surface area (Å²) in [5, 5.41) is 4.84. The maximum absolute atomic E-state index is 7.54. The minimum atomic E-state index is -2.10. The molecule has 4 heteroatoms. The van der Waals surface area contributed by atoms with Crippen LogP contribution in [0.1, 0.15) is 0 Å². The lowest BCUT2D eigenvalue weighted by Crippen LogP contribution is -2.27. The first-order chi connectivity index (χ1) is 14.6. The molecule has 0 bridgehead atoms. The summed E-state index contributed by atoms with van der Waals surface area (Å²) in [6, 6.07) is 42.1. The molecule has 0 aliphatic rings. The van der Waals surface area contributed by atoms with Crippen LogP contribution in [0, 0.1) is 0 Å². The molecule has 0 atom stereocenters. The summed E-state index contributed by atoms with van der Waals surface area (Å²) in [5.41, 5.74) is 0. The first-order valence-electron chi connectivity index (χ1n) is 10.0. The Bertz CT molecular complexity index is 887. The minimum Gasteiger partial charge on any atom is -0.0620 e. The highest BCUT2D eigenvalue weighted by molar-refractivity contribution is 8.12. The zero-order valence-corrected chi connectivity index (χ0v) is 19.9. The topological polar surface area (TPSA) is 0 Å². The molecule has 0 nitrogen and oxygen atoms in total. The van der Waals surface area contributed by atoms with Crippen LogP contribution in [0.25, 0.3) is 0 Å². The Morgan fingerprint density at radius 2 is 0.567 bits per heavy atom. The molecule has 0 saturated heterocycles. The monoisotopic (exact) mass is 468 g/mol. The Labute approximate surface area is 190 Å². The first-order valence-corrected chi connectivity index (χ1v) is 15.8. The second kappa shape index (κ2) is 9.64. The summed E-state index contributed by atoms with van der Waals surface area (Å²) in [6.07, 6.45) is 1.70. The van der Waals surface area contributed by atoms with Gasteiger partial charge in [0.1, 0.15) is 33.5 Å². The van der Waals surface area contributed by atoms with Crippen molar-refractivity contribution in [1.29, 1.82) is 0 Å². The van der Waals surface area contributed by atoms with E-state index in [0.717, 1.165) is 12.3 Å². The third-order valence-corrected chi connectivity index (χ3v) is 15.2. The fraction of sp³-hybridized carbons (Fsp3) is 0.0769. The van der Waals surface area contributed by atoms with Crippen LogP contribution in [-0.2, 0) is 0 Å². The Morgan fingerprint density at radius 3 is 0.767 bits per heavy atom. The molecule has 0 N–H and O–H groups in total. The zero-order chi connectivity index (χ0) is 20.9. The highest BCUT2D eigenvalue weighted by Crippen LogP contribution is 2.68. The van der Waals surface area contributed by atoms with Gasteiger partial charge < -0.3 is 0 Å². The van der Waals surface area contributed by atoms with Crippen molar-refractivity contribution in [3.63, 3.8) is 0 Å². The first kappa shape index (κ1) is 21.5. The number of benzene rings is 4. The van der Waals surface area contributed by atoms with Crippen molar-refractivity contribution in [2.75, 3.05) is 12.3 Å². The fourth-order valence-corrected chi connectivity index (χ4v) is 12.9. The van der Waals surface area contributed by atoms with Gasteiger partial charge in [-0.25, -0.2) is 0 Å². The molecule has 0 aliphatic carbocycles. The molecule has 0 aromatic heterocycles. The van der Waals surface area contributed by atoms with E-state index >= 15 is 0 Å². The molecule has 0 fully saturated rings. The second-order valence-corrected chi connectivity index (χ2v) is 16.5. The third kappa shape index (κ3) is 4.49.